The molecule has 1 nitrogen and oxygen atoms in total. The van der Waals surface area contributed by atoms with Crippen LogP contribution >= 0.6 is 15.9 Å². The zero-order valence-electron chi connectivity index (χ0n) is 8.50. The number of fused-ring (bicyclic) bond motifs is 1. The molecule has 2 rings (SSSR count). The molecule has 1 aromatic heterocycles. The molecule has 0 N–H and O–H groups in total. The van der Waals surface area contributed by atoms with E-state index in [1.54, 1.807) is 0 Å². The monoisotopic (exact) mass is 251 g/mol. The fourth-order valence-electron chi connectivity index (χ4n) is 1.85. The predicted molar refractivity (Wildman–Crippen MR) is 65.1 cm³/mol. The zero-order chi connectivity index (χ0) is 10.1. The van der Waals surface area contributed by atoms with Crippen LogP contribution in [0.25, 0.3) is 10.9 Å². The third kappa shape index (κ3) is 1.48. The summed E-state index contributed by atoms with van der Waals surface area (Å²) in [5, 5.41) is 2.39. The van der Waals surface area contributed by atoms with Gasteiger partial charge in [-0.1, -0.05) is 41.1 Å². The molecule has 0 aliphatic carbocycles. The van der Waals surface area contributed by atoms with Crippen molar-refractivity contribution < 1.29 is 0 Å². The van der Waals surface area contributed by atoms with Crippen molar-refractivity contribution in [2.75, 3.05) is 5.33 Å². The zero-order valence-corrected chi connectivity index (χ0v) is 10.1. The lowest BCUT2D eigenvalue weighted by Gasteiger charge is -2.04. The van der Waals surface area contributed by atoms with E-state index in [-0.39, 0.29) is 0 Å². The third-order valence-corrected chi connectivity index (χ3v) is 3.66. The minimum Gasteiger partial charge on any atom is -0.350 e. The van der Waals surface area contributed by atoms with Gasteiger partial charge in [0.25, 0.3) is 0 Å². The highest BCUT2D eigenvalue weighted by Gasteiger charge is 2.10. The molecule has 0 aliphatic rings. The van der Waals surface area contributed by atoms with Crippen LogP contribution in [0.15, 0.2) is 30.5 Å². The summed E-state index contributed by atoms with van der Waals surface area (Å²) in [5.41, 5.74) is 2.75. The Labute approximate surface area is 92.9 Å². The van der Waals surface area contributed by atoms with Gasteiger partial charge in [0.2, 0.25) is 0 Å². The number of benzene rings is 1. The Morgan fingerprint density at radius 3 is 2.79 bits per heavy atom. The van der Waals surface area contributed by atoms with Gasteiger partial charge in [-0.3, -0.25) is 0 Å². The number of halogens is 1. The second kappa shape index (κ2) is 3.77. The first-order valence-electron chi connectivity index (χ1n) is 4.84. The lowest BCUT2D eigenvalue weighted by Crippen LogP contribution is -1.92. The lowest BCUT2D eigenvalue weighted by atomic mass is 10.0. The number of para-hydroxylation sites is 1. The van der Waals surface area contributed by atoms with Gasteiger partial charge in [-0.15, -0.1) is 0 Å². The molecule has 0 aliphatic heterocycles. The molecular formula is C12H14BrN. The van der Waals surface area contributed by atoms with E-state index in [9.17, 15) is 0 Å². The molecule has 1 aromatic carbocycles. The highest BCUT2D eigenvalue weighted by atomic mass is 79.9. The van der Waals surface area contributed by atoms with E-state index >= 15 is 0 Å². The van der Waals surface area contributed by atoms with E-state index in [0.29, 0.717) is 5.92 Å². The highest BCUT2D eigenvalue weighted by Crippen LogP contribution is 2.27. The number of hydrogen-bond acceptors (Lipinski definition) is 0. The quantitative estimate of drug-likeness (QED) is 0.718. The first-order valence-corrected chi connectivity index (χ1v) is 5.96. The molecule has 0 saturated carbocycles. The van der Waals surface area contributed by atoms with E-state index in [1.165, 1.54) is 16.5 Å². The standard InChI is InChI=1S/C12H14BrN/c1-9(7-13)11-8-14(2)12-6-4-3-5-10(11)12/h3-6,8-9H,7H2,1-2H3. The Bertz CT molecular complexity index is 445. The van der Waals surface area contributed by atoms with Crippen molar-refractivity contribution in [3.05, 3.63) is 36.0 Å². The second-order valence-corrected chi connectivity index (χ2v) is 4.42. The predicted octanol–water partition coefficient (Wildman–Crippen LogP) is 3.68. The average molecular weight is 252 g/mol. The molecule has 0 spiro atoms. The Morgan fingerprint density at radius 1 is 1.36 bits per heavy atom. The van der Waals surface area contributed by atoms with Gasteiger partial charge in [-0.25, -0.2) is 0 Å². The molecule has 0 fully saturated rings. The molecule has 2 aromatic rings. The SMILES string of the molecule is CC(CBr)c1cn(C)c2ccccc12. The van der Waals surface area contributed by atoms with Crippen molar-refractivity contribution in [1.29, 1.82) is 0 Å². The minimum absolute atomic E-state index is 0.570. The largest absolute Gasteiger partial charge is 0.350 e. The maximum atomic E-state index is 3.54. The number of aryl methyl sites for hydroxylation is 1. The van der Waals surface area contributed by atoms with Crippen molar-refractivity contribution >= 4 is 26.8 Å². The topological polar surface area (TPSA) is 4.93 Å². The summed E-state index contributed by atoms with van der Waals surface area (Å²) >= 11 is 3.54. The van der Waals surface area contributed by atoms with E-state index < -0.39 is 0 Å². The van der Waals surface area contributed by atoms with Gasteiger partial charge in [0.15, 0.2) is 0 Å². The van der Waals surface area contributed by atoms with E-state index in [2.05, 4.69) is 64.9 Å². The maximum Gasteiger partial charge on any atom is 0.0480 e. The van der Waals surface area contributed by atoms with E-state index in [4.69, 9.17) is 0 Å². The first kappa shape index (κ1) is 9.78. The first-order chi connectivity index (χ1) is 6.74. The van der Waals surface area contributed by atoms with Gasteiger partial charge in [-0.2, -0.15) is 0 Å². The third-order valence-electron chi connectivity index (χ3n) is 2.69. The summed E-state index contributed by atoms with van der Waals surface area (Å²) in [6.07, 6.45) is 2.23. The van der Waals surface area contributed by atoms with Crippen LogP contribution in [0.2, 0.25) is 0 Å². The van der Waals surface area contributed by atoms with Crippen molar-refractivity contribution in [3.8, 4) is 0 Å². The molecule has 1 atom stereocenters. The van der Waals surface area contributed by atoms with Crippen LogP contribution in [0.3, 0.4) is 0 Å². The van der Waals surface area contributed by atoms with Gasteiger partial charge in [0.05, 0.1) is 0 Å². The highest BCUT2D eigenvalue weighted by molar-refractivity contribution is 9.09. The fourth-order valence-corrected chi connectivity index (χ4v) is 2.20. The summed E-state index contributed by atoms with van der Waals surface area (Å²) in [7, 11) is 2.10. The maximum absolute atomic E-state index is 3.54. The molecule has 1 unspecified atom stereocenters. The molecular weight excluding hydrogens is 238 g/mol. The van der Waals surface area contributed by atoms with Gasteiger partial charge in [-0.05, 0) is 17.5 Å². The Morgan fingerprint density at radius 2 is 2.07 bits per heavy atom. The van der Waals surface area contributed by atoms with Gasteiger partial charge < -0.3 is 4.57 Å². The summed E-state index contributed by atoms with van der Waals surface area (Å²) < 4.78 is 2.20. The summed E-state index contributed by atoms with van der Waals surface area (Å²) in [6.45, 7) is 2.25. The average Bonchev–Trinajstić information content (AvgIpc) is 2.56. The van der Waals surface area contributed by atoms with Crippen LogP contribution in [0, 0.1) is 0 Å². The molecule has 2 heteroatoms. The fraction of sp³-hybridized carbons (Fsp3) is 0.333. The molecule has 1 heterocycles. The molecule has 0 radical (unpaired) electrons. The Balaban J connectivity index is 2.66. The lowest BCUT2D eigenvalue weighted by molar-refractivity contribution is 0.874. The summed E-state index contributed by atoms with van der Waals surface area (Å²) in [6, 6.07) is 8.56. The number of nitrogens with zero attached hydrogens (tertiary/aromatic N) is 1. The normalized spacial score (nSPS) is 13.4. The van der Waals surface area contributed by atoms with Crippen molar-refractivity contribution in [2.45, 2.75) is 12.8 Å². The van der Waals surface area contributed by atoms with Gasteiger partial charge in [0.1, 0.15) is 0 Å². The minimum atomic E-state index is 0.570. The second-order valence-electron chi connectivity index (χ2n) is 3.77. The van der Waals surface area contributed by atoms with Crippen molar-refractivity contribution in [1.82, 2.24) is 4.57 Å². The molecule has 14 heavy (non-hydrogen) atoms. The molecule has 0 amide bonds. The molecule has 0 saturated heterocycles. The summed E-state index contributed by atoms with van der Waals surface area (Å²) in [4.78, 5) is 0. The van der Waals surface area contributed by atoms with E-state index in [0.717, 1.165) is 5.33 Å². The molecule has 74 valence electrons. The van der Waals surface area contributed by atoms with Gasteiger partial charge in [0, 0.05) is 29.5 Å². The van der Waals surface area contributed by atoms with Crippen LogP contribution in [0.1, 0.15) is 18.4 Å². The van der Waals surface area contributed by atoms with Crippen LogP contribution in [-0.2, 0) is 7.05 Å². The van der Waals surface area contributed by atoms with Gasteiger partial charge >= 0.3 is 0 Å². The van der Waals surface area contributed by atoms with Crippen LogP contribution in [0.4, 0.5) is 0 Å². The number of aromatic nitrogens is 1. The smallest absolute Gasteiger partial charge is 0.0480 e. The van der Waals surface area contributed by atoms with E-state index in [1.807, 2.05) is 0 Å². The van der Waals surface area contributed by atoms with Crippen molar-refractivity contribution in [2.24, 2.45) is 7.05 Å². The Hall–Kier alpha value is -0.760. The van der Waals surface area contributed by atoms with Crippen LogP contribution in [0.5, 0.6) is 0 Å². The van der Waals surface area contributed by atoms with Crippen molar-refractivity contribution in [3.63, 3.8) is 0 Å². The number of hydrogen-bond donors (Lipinski definition) is 0. The number of alkyl halides is 1. The molecule has 0 bridgehead atoms. The van der Waals surface area contributed by atoms with Crippen LogP contribution in [-0.4, -0.2) is 9.90 Å². The Kier molecular flexibility index (Phi) is 2.64. The number of rotatable bonds is 2. The summed E-state index contributed by atoms with van der Waals surface area (Å²) in [5.74, 6) is 0.570. The van der Waals surface area contributed by atoms with Crippen LogP contribution < -0.4 is 0 Å².